The zero-order valence-corrected chi connectivity index (χ0v) is 21.6. The number of aliphatic hydroxyl groups excluding tert-OH is 2. The number of fused-ring (bicyclic) bond motifs is 3. The first-order valence-corrected chi connectivity index (χ1v) is 12.7. The van der Waals surface area contributed by atoms with Gasteiger partial charge in [0.1, 0.15) is 22.8 Å². The van der Waals surface area contributed by atoms with Crippen molar-refractivity contribution in [1.29, 1.82) is 0 Å². The van der Waals surface area contributed by atoms with Crippen molar-refractivity contribution in [2.24, 2.45) is 11.8 Å². The number of amides is 1. The molecule has 1 saturated heterocycles. The lowest BCUT2D eigenvalue weighted by atomic mass is 9.55. The molecule has 1 fully saturated rings. The molecule has 204 valence electrons. The Morgan fingerprint density at radius 1 is 1.13 bits per heavy atom. The van der Waals surface area contributed by atoms with E-state index in [2.05, 4.69) is 5.32 Å². The first-order chi connectivity index (χ1) is 17.8. The molecule has 0 unspecified atom stereocenters. The quantitative estimate of drug-likeness (QED) is 0.303. The summed E-state index contributed by atoms with van der Waals surface area (Å²) in [4.78, 5) is 44.0. The molecule has 1 aliphatic heterocycles. The molecule has 5 rings (SSSR count). The number of carbonyl (C=O) groups is 3. The van der Waals surface area contributed by atoms with E-state index in [0.717, 1.165) is 25.9 Å². The van der Waals surface area contributed by atoms with Gasteiger partial charge in [0, 0.05) is 17.4 Å². The summed E-state index contributed by atoms with van der Waals surface area (Å²) in [6.45, 7) is 3.12. The van der Waals surface area contributed by atoms with Gasteiger partial charge in [0.05, 0.1) is 23.9 Å². The Kier molecular flexibility index (Phi) is 6.18. The maximum atomic E-state index is 13.8. The molecule has 0 saturated carbocycles. The average Bonchev–Trinajstić information content (AvgIpc) is 3.37. The molecule has 0 aromatic heterocycles. The number of rotatable bonds is 4. The number of phenols is 1. The smallest absolute Gasteiger partial charge is 0.259 e. The number of ketones is 2. The molecule has 0 bridgehead atoms. The van der Waals surface area contributed by atoms with Gasteiger partial charge in [-0.15, -0.1) is 0 Å². The summed E-state index contributed by atoms with van der Waals surface area (Å²) in [6, 6.07) is 3.16. The predicted octanol–water partition coefficient (Wildman–Crippen LogP) is 0.470. The monoisotopic (exact) mass is 527 g/mol. The molecule has 1 amide bonds. The zero-order valence-electron chi connectivity index (χ0n) is 21.6. The van der Waals surface area contributed by atoms with Crippen LogP contribution in [0.25, 0.3) is 0 Å². The molecule has 11 nitrogen and oxygen atoms in total. The first kappa shape index (κ1) is 26.4. The van der Waals surface area contributed by atoms with Crippen molar-refractivity contribution in [2.45, 2.75) is 43.4 Å². The molecule has 3 aliphatic carbocycles. The maximum absolute atomic E-state index is 13.8. The van der Waals surface area contributed by atoms with Crippen LogP contribution in [0.4, 0.5) is 0 Å². The van der Waals surface area contributed by atoms with Gasteiger partial charge in [-0.3, -0.25) is 24.2 Å². The van der Waals surface area contributed by atoms with E-state index in [0.29, 0.717) is 0 Å². The molecule has 0 radical (unpaired) electrons. The highest BCUT2D eigenvalue weighted by Gasteiger charge is 2.65. The van der Waals surface area contributed by atoms with Crippen LogP contribution < -0.4 is 5.32 Å². The van der Waals surface area contributed by atoms with Gasteiger partial charge in [0.15, 0.2) is 11.4 Å². The summed E-state index contributed by atoms with van der Waals surface area (Å²) in [7, 11) is 3.18. The van der Waals surface area contributed by atoms with Gasteiger partial charge in [-0.05, 0) is 65.0 Å². The number of hydrogen-bond donors (Lipinski definition) is 6. The first-order valence-electron chi connectivity index (χ1n) is 12.7. The van der Waals surface area contributed by atoms with E-state index in [1.807, 2.05) is 4.90 Å². The molecule has 1 aromatic rings. The van der Waals surface area contributed by atoms with Crippen molar-refractivity contribution in [3.8, 4) is 5.75 Å². The summed E-state index contributed by atoms with van der Waals surface area (Å²) in [5.74, 6) is -7.17. The van der Waals surface area contributed by atoms with Crippen molar-refractivity contribution in [3.63, 3.8) is 0 Å². The predicted molar refractivity (Wildman–Crippen MR) is 134 cm³/mol. The standard InChI is InChI=1S/C27H33N3O8/c1-26(37)13-7-6-8-16(31)17(13)21(32)18-14(26)11-15-20(29(2)3)22(33)19(24(35)27(15,38)23(18)34)25(36)28-12-30-9-4-5-10-30/h6-8,14-15,20,31,33-34,37-38H,4-5,9-12H2,1-3H3,(H,28,36)/t14-,15-,20+,26+,27+/m0/s1. The molecule has 4 aliphatic rings. The van der Waals surface area contributed by atoms with Crippen molar-refractivity contribution >= 4 is 17.5 Å². The van der Waals surface area contributed by atoms with E-state index in [1.54, 1.807) is 14.1 Å². The fourth-order valence-electron chi connectivity index (χ4n) is 6.70. The highest BCUT2D eigenvalue weighted by Crippen LogP contribution is 2.56. The van der Waals surface area contributed by atoms with E-state index in [4.69, 9.17) is 0 Å². The number of aromatic hydroxyl groups is 1. The third-order valence-electron chi connectivity index (χ3n) is 8.66. The van der Waals surface area contributed by atoms with E-state index >= 15 is 0 Å². The minimum atomic E-state index is -2.72. The van der Waals surface area contributed by atoms with Crippen LogP contribution in [0.3, 0.4) is 0 Å². The summed E-state index contributed by atoms with van der Waals surface area (Å²) in [5.41, 5.74) is -5.65. The number of likely N-dealkylation sites (tertiary alicyclic amines) is 1. The van der Waals surface area contributed by atoms with Crippen molar-refractivity contribution in [1.82, 2.24) is 15.1 Å². The molecular formula is C27H33N3O8. The van der Waals surface area contributed by atoms with E-state index in [9.17, 15) is 39.9 Å². The highest BCUT2D eigenvalue weighted by molar-refractivity contribution is 6.25. The van der Waals surface area contributed by atoms with Crippen LogP contribution in [0.15, 0.2) is 40.9 Å². The Balaban J connectivity index is 1.64. The number of nitrogens with one attached hydrogen (secondary N) is 1. The second-order valence-electron chi connectivity index (χ2n) is 11.1. The minimum absolute atomic E-state index is 0.143. The fourth-order valence-corrected chi connectivity index (χ4v) is 6.70. The molecule has 11 heteroatoms. The molecule has 6 N–H and O–H groups in total. The Morgan fingerprint density at radius 3 is 2.42 bits per heavy atom. The van der Waals surface area contributed by atoms with Crippen LogP contribution in [-0.2, 0) is 15.2 Å². The largest absolute Gasteiger partial charge is 0.510 e. The van der Waals surface area contributed by atoms with Gasteiger partial charge >= 0.3 is 0 Å². The van der Waals surface area contributed by atoms with Crippen molar-refractivity contribution < 1.29 is 39.9 Å². The van der Waals surface area contributed by atoms with Gasteiger partial charge in [0.2, 0.25) is 5.78 Å². The number of carbonyl (C=O) groups excluding carboxylic acids is 3. The number of aliphatic hydroxyl groups is 4. The minimum Gasteiger partial charge on any atom is -0.510 e. The Hall–Kier alpha value is -3.25. The Bertz CT molecular complexity index is 1290. The van der Waals surface area contributed by atoms with Crippen LogP contribution in [0, 0.1) is 11.8 Å². The average molecular weight is 528 g/mol. The zero-order chi connectivity index (χ0) is 27.7. The summed E-state index contributed by atoms with van der Waals surface area (Å²) < 4.78 is 0. The van der Waals surface area contributed by atoms with Crippen LogP contribution in [0.5, 0.6) is 5.75 Å². The topological polar surface area (TPSA) is 171 Å². The van der Waals surface area contributed by atoms with Gasteiger partial charge in [-0.25, -0.2) is 0 Å². The van der Waals surface area contributed by atoms with Gasteiger partial charge < -0.3 is 30.8 Å². The van der Waals surface area contributed by atoms with Crippen molar-refractivity contribution in [3.05, 3.63) is 52.0 Å². The van der Waals surface area contributed by atoms with Crippen LogP contribution >= 0.6 is 0 Å². The lowest BCUT2D eigenvalue weighted by molar-refractivity contribution is -0.152. The molecule has 0 spiro atoms. The number of likely N-dealkylation sites (N-methyl/N-ethyl adjacent to an activating group) is 1. The summed E-state index contributed by atoms with van der Waals surface area (Å²) >= 11 is 0. The molecule has 1 heterocycles. The molecule has 1 aromatic carbocycles. The third kappa shape index (κ3) is 3.53. The SMILES string of the molecule is CN(C)[C@H]1C(O)=C(C(=O)NCN2CCCC2)C(=O)[C@]2(O)C(O)=C3C(=O)c4c(O)cccc4[C@@](C)(O)[C@H]3C[C@@H]12. The number of hydrogen-bond acceptors (Lipinski definition) is 10. The summed E-state index contributed by atoms with van der Waals surface area (Å²) in [6.07, 6.45) is 1.78. The normalized spacial score (nSPS) is 33.4. The Labute approximate surface area is 219 Å². The number of nitrogens with zero attached hydrogens (tertiary/aromatic N) is 2. The number of Topliss-reactive ketones (excluding diaryl/α,β-unsaturated/α-hetero) is 2. The fraction of sp³-hybridized carbons (Fsp3) is 0.519. The molecule has 5 atom stereocenters. The lowest BCUT2D eigenvalue weighted by Crippen LogP contribution is -2.65. The maximum Gasteiger partial charge on any atom is 0.259 e. The van der Waals surface area contributed by atoms with Crippen LogP contribution in [-0.4, -0.2) is 98.3 Å². The second-order valence-corrected chi connectivity index (χ2v) is 11.1. The Morgan fingerprint density at radius 2 is 1.79 bits per heavy atom. The van der Waals surface area contributed by atoms with Crippen molar-refractivity contribution in [2.75, 3.05) is 33.9 Å². The van der Waals surface area contributed by atoms with E-state index in [-0.39, 0.29) is 24.2 Å². The number of phenolic OH excluding ortho intramolecular Hbond substituents is 1. The highest BCUT2D eigenvalue weighted by atomic mass is 16.3. The second kappa shape index (κ2) is 8.91. The van der Waals surface area contributed by atoms with E-state index in [1.165, 1.54) is 30.0 Å². The van der Waals surface area contributed by atoms with Gasteiger partial charge in [-0.1, -0.05) is 12.1 Å². The van der Waals surface area contributed by atoms with Gasteiger partial charge in [-0.2, -0.15) is 0 Å². The molecular weight excluding hydrogens is 494 g/mol. The van der Waals surface area contributed by atoms with Crippen LogP contribution in [0.2, 0.25) is 0 Å². The number of benzene rings is 1. The lowest BCUT2D eigenvalue weighted by Gasteiger charge is -2.52. The molecule has 38 heavy (non-hydrogen) atoms. The third-order valence-corrected chi connectivity index (χ3v) is 8.66. The summed E-state index contributed by atoms with van der Waals surface area (Å²) in [5, 5.41) is 59.2. The van der Waals surface area contributed by atoms with E-state index < -0.39 is 75.0 Å². The van der Waals surface area contributed by atoms with Crippen LogP contribution in [0.1, 0.15) is 42.1 Å². The van der Waals surface area contributed by atoms with Gasteiger partial charge in [0.25, 0.3) is 5.91 Å².